The van der Waals surface area contributed by atoms with Crippen LogP contribution in [-0.2, 0) is 38.3 Å². The zero-order chi connectivity index (χ0) is 55.6. The van der Waals surface area contributed by atoms with Gasteiger partial charge >= 0.3 is 41.6 Å². The largest absolute Gasteiger partial charge is 1.00 e. The number of para-hydroxylation sites is 3. The Morgan fingerprint density at radius 3 is 1.27 bits per heavy atom. The van der Waals surface area contributed by atoms with Crippen molar-refractivity contribution in [1.29, 1.82) is 0 Å². The van der Waals surface area contributed by atoms with Gasteiger partial charge in [0.25, 0.3) is 0 Å². The molecule has 3 aromatic carbocycles. The Balaban J connectivity index is 0.000000146. The van der Waals surface area contributed by atoms with Gasteiger partial charge < -0.3 is 53.2 Å². The first-order chi connectivity index (χ1) is 38.8. The summed E-state index contributed by atoms with van der Waals surface area (Å²) in [6.45, 7) is 18.2. The van der Waals surface area contributed by atoms with Crippen LogP contribution in [0, 0.1) is 0 Å². The van der Waals surface area contributed by atoms with Gasteiger partial charge in [-0.1, -0.05) is 36.4 Å². The standard InChI is InChI=1S/C20H25N5O3.C19H23N5O3.C17H19N5O3.Na/c1-20(2,3)28-19(26)25-10-8-24(9-11-25)18-22-16(13-21-23-18)15-6-4-5-14-7-12-27-17(14)15;1-2-26-17(25)13-23-7-9-24(10-8-23)19-21-16(12-20-22-19)15-5-3-4-14-6-11-27-18(14)15;23-15(24)11-21-5-7-22(8-6-21)17-19-14(10-18-20-17)13-3-1-2-12-4-9-25-16(12)13;/h4-6,13H,7-12H2,1-3H3;3-5,12H,2,6-11,13H2,1H3;1-3,10H,4-9,11H2,(H,23,24);/q;;;+1/p-1. The van der Waals surface area contributed by atoms with E-state index in [1.165, 1.54) is 16.7 Å². The predicted molar refractivity (Wildman–Crippen MR) is 292 cm³/mol. The molecule has 6 aromatic rings. The van der Waals surface area contributed by atoms with E-state index in [-0.39, 0.29) is 48.2 Å². The Labute approximate surface area is 492 Å². The fourth-order valence-corrected chi connectivity index (χ4v) is 10.1. The number of aliphatic carboxylic acids is 1. The van der Waals surface area contributed by atoms with E-state index in [9.17, 15) is 19.5 Å². The van der Waals surface area contributed by atoms with Gasteiger partial charge in [0.15, 0.2) is 0 Å². The molecular weight excluding hydrogens is 1050 g/mol. The van der Waals surface area contributed by atoms with Crippen molar-refractivity contribution >= 4 is 35.9 Å². The van der Waals surface area contributed by atoms with Crippen LogP contribution in [0.15, 0.2) is 73.2 Å². The van der Waals surface area contributed by atoms with Crippen molar-refractivity contribution in [3.05, 3.63) is 89.9 Å². The second-order valence-corrected chi connectivity index (χ2v) is 20.8. The van der Waals surface area contributed by atoms with Gasteiger partial charge in [-0.25, -0.2) is 19.7 Å². The molecule has 0 spiro atoms. The molecule has 0 N–H and O–H groups in total. The molecule has 0 radical (unpaired) electrons. The monoisotopic (exact) mass is 1120 g/mol. The van der Waals surface area contributed by atoms with Gasteiger partial charge in [0.2, 0.25) is 17.8 Å². The number of hydrogen-bond acceptors (Lipinski definition) is 23. The topological polar surface area (TPSA) is 256 Å². The normalized spacial score (nSPS) is 16.6. The maximum absolute atomic E-state index is 12.2. The number of carbonyl (C=O) groups excluding carboxylic acids is 3. The van der Waals surface area contributed by atoms with Crippen LogP contribution in [0.3, 0.4) is 0 Å². The first kappa shape index (κ1) is 58.3. The third kappa shape index (κ3) is 14.8. The SMILES string of the molecule is CC(C)(C)OC(=O)N1CCN(c2nncc(-c3cccc4c3OCC4)n2)CC1.CCOC(=O)CN1CCN(c2nncc(-c3cccc4c3OCC4)n2)CC1.O=C([O-])CN1CCN(c2nncc(-c3cccc4c3OCC4)n2)CC1.[Na+]. The van der Waals surface area contributed by atoms with Gasteiger partial charge in [-0.15, -0.1) is 15.3 Å². The van der Waals surface area contributed by atoms with Crippen molar-refractivity contribution in [3.8, 4) is 51.0 Å². The van der Waals surface area contributed by atoms with E-state index in [4.69, 9.17) is 33.7 Å². The summed E-state index contributed by atoms with van der Waals surface area (Å²) in [6.07, 6.45) is 7.47. The molecular formula is C56H66N15NaO9. The van der Waals surface area contributed by atoms with Crippen molar-refractivity contribution in [1.82, 2.24) is 60.2 Å². The van der Waals surface area contributed by atoms with Crippen LogP contribution >= 0.6 is 0 Å². The number of nitrogens with zero attached hydrogens (tertiary/aromatic N) is 15. The zero-order valence-corrected chi connectivity index (χ0v) is 48.7. The molecule has 1 amide bonds. The Morgan fingerprint density at radius 2 is 0.914 bits per heavy atom. The molecule has 25 heteroatoms. The molecule has 81 heavy (non-hydrogen) atoms. The van der Waals surface area contributed by atoms with Crippen LogP contribution < -0.4 is 63.6 Å². The Morgan fingerprint density at radius 1 is 0.543 bits per heavy atom. The molecule has 0 aliphatic carbocycles. The average molecular weight is 1120 g/mol. The minimum atomic E-state index is -1.05. The molecule has 9 heterocycles. The van der Waals surface area contributed by atoms with Gasteiger partial charge in [0.05, 0.1) is 74.6 Å². The fraction of sp³-hybridized carbons (Fsp3) is 0.464. The molecule has 0 saturated carbocycles. The van der Waals surface area contributed by atoms with Gasteiger partial charge in [0, 0.05) is 121 Å². The number of benzene rings is 3. The summed E-state index contributed by atoms with van der Waals surface area (Å²) in [7, 11) is 0. The number of anilines is 3. The minimum Gasteiger partial charge on any atom is -0.549 e. The third-order valence-corrected chi connectivity index (χ3v) is 14.1. The van der Waals surface area contributed by atoms with Crippen LogP contribution in [0.4, 0.5) is 22.6 Å². The van der Waals surface area contributed by atoms with Gasteiger partial charge in [-0.3, -0.25) is 14.6 Å². The second-order valence-electron chi connectivity index (χ2n) is 20.8. The molecule has 0 unspecified atom stereocenters. The quantitative estimate of drug-likeness (QED) is 0.123. The number of carbonyl (C=O) groups is 3. The van der Waals surface area contributed by atoms with Crippen LogP contribution in [0.25, 0.3) is 33.8 Å². The van der Waals surface area contributed by atoms with Crippen LogP contribution in [0.1, 0.15) is 44.4 Å². The summed E-state index contributed by atoms with van der Waals surface area (Å²) in [5.41, 5.74) is 8.19. The summed E-state index contributed by atoms with van der Waals surface area (Å²) in [4.78, 5) is 60.5. The van der Waals surface area contributed by atoms with E-state index >= 15 is 0 Å². The van der Waals surface area contributed by atoms with Crippen LogP contribution in [-0.4, -0.2) is 202 Å². The van der Waals surface area contributed by atoms with E-state index in [1.54, 1.807) is 23.5 Å². The summed E-state index contributed by atoms with van der Waals surface area (Å²) >= 11 is 0. The predicted octanol–water partition coefficient (Wildman–Crippen LogP) is 0.0386. The second kappa shape index (κ2) is 26.9. The summed E-state index contributed by atoms with van der Waals surface area (Å²) in [5.74, 6) is 3.19. The van der Waals surface area contributed by atoms with Gasteiger partial charge in [0.1, 0.15) is 22.8 Å². The molecule has 12 rings (SSSR count). The molecule has 3 aromatic heterocycles. The molecule has 24 nitrogen and oxygen atoms in total. The Bertz CT molecular complexity index is 3150. The van der Waals surface area contributed by atoms with E-state index in [1.807, 2.05) is 78.8 Å². The number of esters is 1. The Kier molecular flexibility index (Phi) is 19.4. The number of piperazine rings is 3. The molecule has 6 aliphatic rings. The van der Waals surface area contributed by atoms with Crippen molar-refractivity contribution < 1.29 is 72.7 Å². The maximum Gasteiger partial charge on any atom is 1.00 e. The average Bonchev–Trinajstić information content (AvgIpc) is 4.47. The van der Waals surface area contributed by atoms with Crippen LogP contribution in [0.5, 0.6) is 17.2 Å². The van der Waals surface area contributed by atoms with E-state index in [2.05, 4.69) is 63.6 Å². The third-order valence-electron chi connectivity index (χ3n) is 14.1. The number of rotatable bonds is 11. The molecule has 0 atom stereocenters. The van der Waals surface area contributed by atoms with Crippen molar-refractivity contribution in [3.63, 3.8) is 0 Å². The van der Waals surface area contributed by atoms with E-state index < -0.39 is 11.6 Å². The summed E-state index contributed by atoms with van der Waals surface area (Å²) in [6, 6.07) is 18.3. The van der Waals surface area contributed by atoms with Gasteiger partial charge in [-0.2, -0.15) is 15.3 Å². The number of carboxylic acid groups (broad SMARTS) is 1. The molecule has 420 valence electrons. The van der Waals surface area contributed by atoms with Crippen molar-refractivity contribution in [2.75, 3.05) is 133 Å². The van der Waals surface area contributed by atoms with Gasteiger partial charge in [-0.05, 0) is 62.6 Å². The van der Waals surface area contributed by atoms with Crippen molar-refractivity contribution in [2.24, 2.45) is 0 Å². The number of amides is 1. The van der Waals surface area contributed by atoms with Crippen LogP contribution in [0.2, 0.25) is 0 Å². The summed E-state index contributed by atoms with van der Waals surface area (Å²) in [5, 5.41) is 35.7. The zero-order valence-electron chi connectivity index (χ0n) is 46.7. The number of hydrogen-bond donors (Lipinski definition) is 0. The first-order valence-electron chi connectivity index (χ1n) is 27.2. The number of carboxylic acids is 1. The number of fused-ring (bicyclic) bond motifs is 3. The smallest absolute Gasteiger partial charge is 0.549 e. The minimum absolute atomic E-state index is 0. The maximum atomic E-state index is 12.2. The fourth-order valence-electron chi connectivity index (χ4n) is 10.1. The Hall–Kier alpha value is -7.38. The molecule has 0 bridgehead atoms. The molecule has 3 fully saturated rings. The molecule has 6 aliphatic heterocycles. The summed E-state index contributed by atoms with van der Waals surface area (Å²) < 4.78 is 27.8. The van der Waals surface area contributed by atoms with E-state index in [0.717, 1.165) is 96.5 Å². The first-order valence-corrected chi connectivity index (χ1v) is 27.2. The van der Waals surface area contributed by atoms with E-state index in [0.29, 0.717) is 103 Å². The number of ether oxygens (including phenoxy) is 5. The van der Waals surface area contributed by atoms with Crippen molar-refractivity contribution in [2.45, 2.75) is 52.6 Å². The molecule has 3 saturated heterocycles. The number of aromatic nitrogens is 9.